The predicted molar refractivity (Wildman–Crippen MR) is 88.6 cm³/mol. The van der Waals surface area contributed by atoms with Crippen molar-refractivity contribution in [3.63, 3.8) is 0 Å². The van der Waals surface area contributed by atoms with Crippen LogP contribution in [-0.2, 0) is 6.42 Å². The number of aromatic carboxylic acids is 1. The van der Waals surface area contributed by atoms with E-state index < -0.39 is 18.7 Å². The Morgan fingerprint density at radius 2 is 1.84 bits per heavy atom. The second kappa shape index (κ2) is 7.46. The quantitative estimate of drug-likeness (QED) is 0.765. The second-order valence-corrected chi connectivity index (χ2v) is 5.55. The Bertz CT molecular complexity index is 755. The highest BCUT2D eigenvalue weighted by Crippen LogP contribution is 2.36. The fourth-order valence-electron chi connectivity index (χ4n) is 2.25. The average molecular weight is 353 g/mol. The molecule has 7 heteroatoms. The van der Waals surface area contributed by atoms with Crippen LogP contribution in [0.1, 0.15) is 28.4 Å². The van der Waals surface area contributed by atoms with E-state index >= 15 is 0 Å². The lowest BCUT2D eigenvalue weighted by molar-refractivity contribution is -0.115. The summed E-state index contributed by atoms with van der Waals surface area (Å²) in [5.74, 6) is -0.564. The third kappa shape index (κ3) is 5.14. The number of carboxylic acids is 1. The van der Waals surface area contributed by atoms with Gasteiger partial charge in [0.2, 0.25) is 0 Å². The normalized spacial score (nSPS) is 11.2. The Kier molecular flexibility index (Phi) is 5.56. The molecule has 134 valence electrons. The third-order valence-electron chi connectivity index (χ3n) is 3.51. The molecule has 0 saturated heterocycles. The maximum Gasteiger partial charge on any atom is 0.405 e. The van der Waals surface area contributed by atoms with Crippen LogP contribution in [0.5, 0.6) is 11.5 Å². The Morgan fingerprint density at radius 3 is 2.36 bits per heavy atom. The van der Waals surface area contributed by atoms with Gasteiger partial charge < -0.3 is 15.2 Å². The summed E-state index contributed by atoms with van der Waals surface area (Å²) in [6, 6.07) is 9.59. The van der Waals surface area contributed by atoms with Crippen molar-refractivity contribution in [3.8, 4) is 11.5 Å². The van der Waals surface area contributed by atoms with Crippen LogP contribution >= 0.6 is 0 Å². The molecule has 2 rings (SSSR count). The van der Waals surface area contributed by atoms with Crippen LogP contribution < -0.4 is 10.1 Å². The first-order valence-corrected chi connectivity index (χ1v) is 7.65. The topological polar surface area (TPSA) is 58.6 Å². The molecule has 0 saturated carbocycles. The molecule has 4 nitrogen and oxygen atoms in total. The molecule has 0 heterocycles. The van der Waals surface area contributed by atoms with E-state index in [0.717, 1.165) is 11.6 Å². The van der Waals surface area contributed by atoms with Gasteiger partial charge in [-0.3, -0.25) is 0 Å². The monoisotopic (exact) mass is 353 g/mol. The minimum Gasteiger partial charge on any atom is -0.478 e. The lowest BCUT2D eigenvalue weighted by atomic mass is 10.1. The second-order valence-electron chi connectivity index (χ2n) is 5.55. The van der Waals surface area contributed by atoms with E-state index in [9.17, 15) is 23.1 Å². The fourth-order valence-corrected chi connectivity index (χ4v) is 2.25. The number of ether oxygens (including phenoxy) is 1. The largest absolute Gasteiger partial charge is 0.478 e. The van der Waals surface area contributed by atoms with Gasteiger partial charge in [0.25, 0.3) is 0 Å². The minimum absolute atomic E-state index is 0.00495. The summed E-state index contributed by atoms with van der Waals surface area (Å²) in [5.41, 5.74) is 1.41. The van der Waals surface area contributed by atoms with Gasteiger partial charge in [-0.1, -0.05) is 24.6 Å². The summed E-state index contributed by atoms with van der Waals surface area (Å²) in [6.07, 6.45) is -4.03. The highest BCUT2D eigenvalue weighted by Gasteiger charge is 2.28. The number of carbonyl (C=O) groups is 1. The van der Waals surface area contributed by atoms with E-state index in [4.69, 9.17) is 4.74 Å². The van der Waals surface area contributed by atoms with E-state index in [1.807, 2.05) is 19.1 Å². The molecule has 0 aliphatic carbocycles. The number of benzene rings is 2. The van der Waals surface area contributed by atoms with Gasteiger partial charge in [-0.05, 0) is 43.2 Å². The Morgan fingerprint density at radius 1 is 1.20 bits per heavy atom. The smallest absolute Gasteiger partial charge is 0.405 e. The number of rotatable bonds is 6. The molecule has 0 aromatic heterocycles. The van der Waals surface area contributed by atoms with E-state index in [-0.39, 0.29) is 17.0 Å². The van der Waals surface area contributed by atoms with Gasteiger partial charge in [-0.25, -0.2) is 4.79 Å². The molecule has 0 radical (unpaired) electrons. The van der Waals surface area contributed by atoms with Gasteiger partial charge in [0.1, 0.15) is 12.3 Å². The standard InChI is InChI=1S/C18H18F3NO3/c1-3-12-8-13(17(23)24)9-15(22-10-18(19,20)21)16(12)25-14-6-4-11(2)5-7-14/h4-9,22H,3,10H2,1-2H3,(H,23,24). The number of alkyl halides is 3. The van der Waals surface area contributed by atoms with Gasteiger partial charge in [0.15, 0.2) is 5.75 Å². The van der Waals surface area contributed by atoms with Gasteiger partial charge >= 0.3 is 12.1 Å². The van der Waals surface area contributed by atoms with Crippen LogP contribution in [0.4, 0.5) is 18.9 Å². The Hall–Kier alpha value is -2.70. The maximum atomic E-state index is 12.6. The first-order valence-electron chi connectivity index (χ1n) is 7.65. The van der Waals surface area contributed by atoms with Crippen LogP contribution in [0.2, 0.25) is 0 Å². The van der Waals surface area contributed by atoms with Crippen molar-refractivity contribution in [2.24, 2.45) is 0 Å². The summed E-state index contributed by atoms with van der Waals surface area (Å²) in [5, 5.41) is 11.4. The molecule has 2 aromatic carbocycles. The first kappa shape index (κ1) is 18.6. The van der Waals surface area contributed by atoms with E-state index in [2.05, 4.69) is 5.32 Å². The molecule has 0 bridgehead atoms. The molecule has 0 aliphatic rings. The lowest BCUT2D eigenvalue weighted by Crippen LogP contribution is -2.22. The molecule has 0 aliphatic heterocycles. The number of halogens is 3. The third-order valence-corrected chi connectivity index (χ3v) is 3.51. The Labute approximate surface area is 143 Å². The summed E-state index contributed by atoms with van der Waals surface area (Å²) < 4.78 is 43.5. The molecular formula is C18H18F3NO3. The van der Waals surface area contributed by atoms with Gasteiger partial charge in [0, 0.05) is 0 Å². The van der Waals surface area contributed by atoms with Gasteiger partial charge in [-0.15, -0.1) is 0 Å². The lowest BCUT2D eigenvalue weighted by Gasteiger charge is -2.18. The molecule has 0 atom stereocenters. The first-order chi connectivity index (χ1) is 11.7. The maximum absolute atomic E-state index is 12.6. The Balaban J connectivity index is 2.45. The molecule has 0 unspecified atom stereocenters. The number of anilines is 1. The summed E-state index contributed by atoms with van der Waals surface area (Å²) in [7, 11) is 0. The van der Waals surface area contributed by atoms with E-state index in [0.29, 0.717) is 17.7 Å². The van der Waals surface area contributed by atoms with Gasteiger partial charge in [0.05, 0.1) is 11.3 Å². The molecule has 0 spiro atoms. The van der Waals surface area contributed by atoms with E-state index in [1.165, 1.54) is 6.07 Å². The van der Waals surface area contributed by atoms with Gasteiger partial charge in [-0.2, -0.15) is 13.2 Å². The zero-order chi connectivity index (χ0) is 18.6. The highest BCUT2D eigenvalue weighted by atomic mass is 19.4. The number of aryl methyl sites for hydroxylation is 2. The molecule has 25 heavy (non-hydrogen) atoms. The van der Waals surface area contributed by atoms with E-state index in [1.54, 1.807) is 19.1 Å². The molecule has 0 fully saturated rings. The molecule has 2 N–H and O–H groups in total. The minimum atomic E-state index is -4.44. The predicted octanol–water partition coefficient (Wildman–Crippen LogP) is 5.02. The summed E-state index contributed by atoms with van der Waals surface area (Å²) in [6.45, 7) is 2.39. The average Bonchev–Trinajstić information content (AvgIpc) is 2.54. The number of hydrogen-bond acceptors (Lipinski definition) is 3. The van der Waals surface area contributed by atoms with Crippen LogP contribution in [0.15, 0.2) is 36.4 Å². The highest BCUT2D eigenvalue weighted by molar-refractivity contribution is 5.90. The van der Waals surface area contributed by atoms with Crippen LogP contribution in [0.3, 0.4) is 0 Å². The van der Waals surface area contributed by atoms with Crippen LogP contribution in [-0.4, -0.2) is 23.8 Å². The van der Waals surface area contributed by atoms with Crippen molar-refractivity contribution in [2.45, 2.75) is 26.4 Å². The van der Waals surface area contributed by atoms with Crippen molar-refractivity contribution < 1.29 is 27.8 Å². The van der Waals surface area contributed by atoms with Crippen molar-refractivity contribution in [3.05, 3.63) is 53.1 Å². The van der Waals surface area contributed by atoms with Crippen molar-refractivity contribution >= 4 is 11.7 Å². The number of nitrogens with one attached hydrogen (secondary N) is 1. The summed E-state index contributed by atoms with van der Waals surface area (Å²) >= 11 is 0. The van der Waals surface area contributed by atoms with Crippen molar-refractivity contribution in [1.29, 1.82) is 0 Å². The fraction of sp³-hybridized carbons (Fsp3) is 0.278. The zero-order valence-corrected chi connectivity index (χ0v) is 13.8. The molecule has 0 amide bonds. The molecule has 2 aromatic rings. The summed E-state index contributed by atoms with van der Waals surface area (Å²) in [4.78, 5) is 11.2. The van der Waals surface area contributed by atoms with Crippen molar-refractivity contribution in [2.75, 3.05) is 11.9 Å². The number of hydrogen-bond donors (Lipinski definition) is 2. The molecular weight excluding hydrogens is 335 g/mol. The van der Waals surface area contributed by atoms with Crippen LogP contribution in [0.25, 0.3) is 0 Å². The zero-order valence-electron chi connectivity index (χ0n) is 13.8. The van der Waals surface area contributed by atoms with Crippen molar-refractivity contribution in [1.82, 2.24) is 0 Å². The van der Waals surface area contributed by atoms with Crippen LogP contribution in [0, 0.1) is 6.92 Å². The SMILES string of the molecule is CCc1cc(C(=O)O)cc(NCC(F)(F)F)c1Oc1ccc(C)cc1. The number of carboxylic acid groups (broad SMARTS) is 1.